The van der Waals surface area contributed by atoms with Crippen LogP contribution in [0.3, 0.4) is 0 Å². The molecule has 15 heavy (non-hydrogen) atoms. The molecule has 4 N–H and O–H groups in total. The first kappa shape index (κ1) is 11.0. The van der Waals surface area contributed by atoms with Gasteiger partial charge in [-0.25, -0.2) is 4.79 Å². The molecule has 0 bridgehead atoms. The van der Waals surface area contributed by atoms with Gasteiger partial charge in [0.25, 0.3) is 0 Å². The molecule has 5 nitrogen and oxygen atoms in total. The Labute approximate surface area is 86.1 Å². The van der Waals surface area contributed by atoms with Gasteiger partial charge in [0.15, 0.2) is 0 Å². The molecule has 1 aromatic carbocycles. The lowest BCUT2D eigenvalue weighted by molar-refractivity contribution is -0.136. The van der Waals surface area contributed by atoms with Crippen LogP contribution in [0.5, 0.6) is 0 Å². The predicted octanol–water partition coefficient (Wildman–Crippen LogP) is 0.984. The molecule has 0 aliphatic heterocycles. The second kappa shape index (κ2) is 4.45. The molecule has 0 heterocycles. The van der Waals surface area contributed by atoms with Gasteiger partial charge in [0.05, 0.1) is 5.56 Å². The van der Waals surface area contributed by atoms with Crippen LogP contribution in [-0.2, 0) is 11.2 Å². The Morgan fingerprint density at radius 1 is 1.27 bits per heavy atom. The van der Waals surface area contributed by atoms with Crippen LogP contribution in [0, 0.1) is 0 Å². The highest BCUT2D eigenvalue weighted by Crippen LogP contribution is 2.16. The summed E-state index contributed by atoms with van der Waals surface area (Å²) < 4.78 is 0. The average molecular weight is 209 g/mol. The van der Waals surface area contributed by atoms with Crippen LogP contribution >= 0.6 is 0 Å². The first-order chi connectivity index (χ1) is 7.00. The van der Waals surface area contributed by atoms with Crippen LogP contribution in [0.1, 0.15) is 22.3 Å². The molecule has 5 heteroatoms. The van der Waals surface area contributed by atoms with Crippen molar-refractivity contribution in [2.45, 2.75) is 12.8 Å². The average Bonchev–Trinajstić information content (AvgIpc) is 2.16. The zero-order valence-corrected chi connectivity index (χ0v) is 7.93. The number of carboxylic acid groups (broad SMARTS) is 2. The zero-order chi connectivity index (χ0) is 11.4. The fourth-order valence-electron chi connectivity index (χ4n) is 1.20. The van der Waals surface area contributed by atoms with E-state index in [0.29, 0.717) is 11.3 Å². The normalized spacial score (nSPS) is 9.87. The van der Waals surface area contributed by atoms with Gasteiger partial charge < -0.3 is 15.9 Å². The highest BCUT2D eigenvalue weighted by molar-refractivity contribution is 5.88. The van der Waals surface area contributed by atoms with E-state index in [1.807, 2.05) is 0 Å². The number of nitrogens with two attached hydrogens (primary N) is 1. The van der Waals surface area contributed by atoms with Gasteiger partial charge in [-0.2, -0.15) is 0 Å². The number of hydrogen-bond acceptors (Lipinski definition) is 3. The summed E-state index contributed by atoms with van der Waals surface area (Å²) in [5.41, 5.74) is 6.68. The molecule has 0 aliphatic rings. The molecule has 0 saturated carbocycles. The minimum absolute atomic E-state index is 0.0622. The maximum Gasteiger partial charge on any atom is 0.335 e. The van der Waals surface area contributed by atoms with Crippen molar-refractivity contribution < 1.29 is 19.8 Å². The van der Waals surface area contributed by atoms with Gasteiger partial charge in [0.2, 0.25) is 0 Å². The Balaban J connectivity index is 2.90. The molecule has 1 aromatic rings. The standard InChI is InChI=1S/C10H11NO4/c11-8-3-1-7(10(14)15)5-6(8)2-4-9(12)13/h1,3,5H,2,4,11H2,(H,12,13)(H,14,15). The third-order valence-electron chi connectivity index (χ3n) is 2.00. The number of nitrogen functional groups attached to an aromatic ring is 1. The molecule has 0 aromatic heterocycles. The number of carboxylic acids is 2. The summed E-state index contributed by atoms with van der Waals surface area (Å²) in [6, 6.07) is 4.27. The van der Waals surface area contributed by atoms with Crippen molar-refractivity contribution in [2.24, 2.45) is 0 Å². The molecule has 80 valence electrons. The fraction of sp³-hybridized carbons (Fsp3) is 0.200. The van der Waals surface area contributed by atoms with Gasteiger partial charge in [-0.05, 0) is 30.2 Å². The van der Waals surface area contributed by atoms with Gasteiger partial charge in [-0.15, -0.1) is 0 Å². The number of benzene rings is 1. The van der Waals surface area contributed by atoms with E-state index in [1.54, 1.807) is 0 Å². The van der Waals surface area contributed by atoms with E-state index in [4.69, 9.17) is 15.9 Å². The molecular formula is C10H11NO4. The Morgan fingerprint density at radius 3 is 2.47 bits per heavy atom. The summed E-state index contributed by atoms with van der Waals surface area (Å²) in [7, 11) is 0. The number of aromatic carboxylic acids is 1. The Bertz CT molecular complexity index is 400. The van der Waals surface area contributed by atoms with E-state index >= 15 is 0 Å². The lowest BCUT2D eigenvalue weighted by Crippen LogP contribution is -2.03. The third kappa shape index (κ3) is 2.98. The Kier molecular flexibility index (Phi) is 3.28. The van der Waals surface area contributed by atoms with E-state index < -0.39 is 11.9 Å². The van der Waals surface area contributed by atoms with Crippen LogP contribution in [0.25, 0.3) is 0 Å². The molecule has 0 amide bonds. The number of carbonyl (C=O) groups is 2. The largest absolute Gasteiger partial charge is 0.481 e. The van der Waals surface area contributed by atoms with Gasteiger partial charge in [0, 0.05) is 12.1 Å². The van der Waals surface area contributed by atoms with Crippen molar-refractivity contribution in [1.82, 2.24) is 0 Å². The second-order valence-corrected chi connectivity index (χ2v) is 3.11. The minimum Gasteiger partial charge on any atom is -0.481 e. The van der Waals surface area contributed by atoms with Crippen LogP contribution < -0.4 is 5.73 Å². The maximum absolute atomic E-state index is 10.6. The van der Waals surface area contributed by atoms with Crippen LogP contribution in [0.4, 0.5) is 5.69 Å². The molecular weight excluding hydrogens is 198 g/mol. The molecule has 0 unspecified atom stereocenters. The molecule has 0 atom stereocenters. The number of aryl methyl sites for hydroxylation is 1. The van der Waals surface area contributed by atoms with Crippen LogP contribution in [-0.4, -0.2) is 22.2 Å². The van der Waals surface area contributed by atoms with Crippen molar-refractivity contribution in [2.75, 3.05) is 5.73 Å². The lowest BCUT2D eigenvalue weighted by atomic mass is 10.0. The Morgan fingerprint density at radius 2 is 1.93 bits per heavy atom. The van der Waals surface area contributed by atoms with Crippen LogP contribution in [0.2, 0.25) is 0 Å². The quantitative estimate of drug-likeness (QED) is 0.642. The van der Waals surface area contributed by atoms with Crippen LogP contribution in [0.15, 0.2) is 18.2 Å². The fourth-order valence-corrected chi connectivity index (χ4v) is 1.20. The van der Waals surface area contributed by atoms with Crippen molar-refractivity contribution in [3.63, 3.8) is 0 Å². The molecule has 0 spiro atoms. The summed E-state index contributed by atoms with van der Waals surface area (Å²) in [6.07, 6.45) is 0.176. The topological polar surface area (TPSA) is 101 Å². The van der Waals surface area contributed by atoms with E-state index in [1.165, 1.54) is 18.2 Å². The number of rotatable bonds is 4. The molecule has 0 radical (unpaired) electrons. The molecule has 0 saturated heterocycles. The number of anilines is 1. The molecule has 0 fully saturated rings. The van der Waals surface area contributed by atoms with E-state index in [9.17, 15) is 9.59 Å². The summed E-state index contributed by atoms with van der Waals surface area (Å²) >= 11 is 0. The van der Waals surface area contributed by atoms with Crippen molar-refractivity contribution in [3.8, 4) is 0 Å². The second-order valence-electron chi connectivity index (χ2n) is 3.11. The summed E-state index contributed by atoms with van der Waals surface area (Å²) in [5, 5.41) is 17.2. The number of hydrogen-bond donors (Lipinski definition) is 3. The van der Waals surface area contributed by atoms with Gasteiger partial charge in [0.1, 0.15) is 0 Å². The van der Waals surface area contributed by atoms with Gasteiger partial charge in [-0.3, -0.25) is 4.79 Å². The Hall–Kier alpha value is -2.04. The number of aliphatic carboxylic acids is 1. The predicted molar refractivity (Wildman–Crippen MR) is 53.8 cm³/mol. The first-order valence-electron chi connectivity index (χ1n) is 4.34. The first-order valence-corrected chi connectivity index (χ1v) is 4.34. The summed E-state index contributed by atoms with van der Waals surface area (Å²) in [5.74, 6) is -1.98. The SMILES string of the molecule is Nc1ccc(C(=O)O)cc1CCC(=O)O. The van der Waals surface area contributed by atoms with Crippen molar-refractivity contribution >= 4 is 17.6 Å². The van der Waals surface area contributed by atoms with Gasteiger partial charge in [-0.1, -0.05) is 0 Å². The van der Waals surface area contributed by atoms with E-state index in [2.05, 4.69) is 0 Å². The smallest absolute Gasteiger partial charge is 0.335 e. The maximum atomic E-state index is 10.6. The summed E-state index contributed by atoms with van der Waals surface area (Å²) in [4.78, 5) is 21.0. The molecule has 0 aliphatic carbocycles. The highest BCUT2D eigenvalue weighted by atomic mass is 16.4. The monoisotopic (exact) mass is 209 g/mol. The van der Waals surface area contributed by atoms with E-state index in [0.717, 1.165) is 0 Å². The van der Waals surface area contributed by atoms with Crippen molar-refractivity contribution in [3.05, 3.63) is 29.3 Å². The molecule has 1 rings (SSSR count). The zero-order valence-electron chi connectivity index (χ0n) is 7.93. The van der Waals surface area contributed by atoms with Gasteiger partial charge >= 0.3 is 11.9 Å². The van der Waals surface area contributed by atoms with Crippen molar-refractivity contribution in [1.29, 1.82) is 0 Å². The highest BCUT2D eigenvalue weighted by Gasteiger charge is 2.07. The summed E-state index contributed by atoms with van der Waals surface area (Å²) in [6.45, 7) is 0. The third-order valence-corrected chi connectivity index (χ3v) is 2.00. The van der Waals surface area contributed by atoms with E-state index in [-0.39, 0.29) is 18.4 Å². The minimum atomic E-state index is -1.05. The lowest BCUT2D eigenvalue weighted by Gasteiger charge is -2.05.